The number of carbonyl (C=O) groups is 1. The number of hydrogen-bond donors (Lipinski definition) is 1. The number of hydrogen-bond acceptors (Lipinski definition) is 2. The number of carboxylic acids is 1. The number of halogens is 4. The molecule has 0 aliphatic heterocycles. The molecule has 1 rings (SSSR count). The SMILES string of the molecule is O=C(O)Cc1nc(Cl)cc(Cl)c1C(F)F. The van der Waals surface area contributed by atoms with Crippen LogP contribution >= 0.6 is 23.2 Å². The Morgan fingerprint density at radius 3 is 2.60 bits per heavy atom. The van der Waals surface area contributed by atoms with Gasteiger partial charge in [0.25, 0.3) is 6.43 Å². The molecule has 0 unspecified atom stereocenters. The average molecular weight is 256 g/mol. The van der Waals surface area contributed by atoms with Gasteiger partial charge in [0.15, 0.2) is 0 Å². The minimum atomic E-state index is -2.88. The number of aliphatic carboxylic acids is 1. The maximum Gasteiger partial charge on any atom is 0.309 e. The van der Waals surface area contributed by atoms with Gasteiger partial charge < -0.3 is 5.11 Å². The molecular formula is C8H5Cl2F2NO2. The molecule has 1 N–H and O–H groups in total. The van der Waals surface area contributed by atoms with Crippen molar-refractivity contribution in [1.29, 1.82) is 0 Å². The number of rotatable bonds is 3. The van der Waals surface area contributed by atoms with Crippen LogP contribution in [0.25, 0.3) is 0 Å². The molecule has 1 aromatic rings. The van der Waals surface area contributed by atoms with E-state index in [1.165, 1.54) is 0 Å². The van der Waals surface area contributed by atoms with E-state index in [9.17, 15) is 13.6 Å². The van der Waals surface area contributed by atoms with Crippen molar-refractivity contribution in [3.8, 4) is 0 Å². The van der Waals surface area contributed by atoms with Crippen molar-refractivity contribution in [2.75, 3.05) is 0 Å². The van der Waals surface area contributed by atoms with Crippen molar-refractivity contribution in [1.82, 2.24) is 4.98 Å². The summed E-state index contributed by atoms with van der Waals surface area (Å²) in [4.78, 5) is 13.9. The lowest BCUT2D eigenvalue weighted by Gasteiger charge is -2.08. The molecule has 0 saturated heterocycles. The third-order valence-electron chi connectivity index (χ3n) is 1.59. The molecule has 0 fully saturated rings. The van der Waals surface area contributed by atoms with Crippen LogP contribution in [0.3, 0.4) is 0 Å². The van der Waals surface area contributed by atoms with Crippen LogP contribution in [0.5, 0.6) is 0 Å². The van der Waals surface area contributed by atoms with Gasteiger partial charge in [-0.25, -0.2) is 13.8 Å². The van der Waals surface area contributed by atoms with Crippen molar-refractivity contribution in [2.24, 2.45) is 0 Å². The monoisotopic (exact) mass is 255 g/mol. The minimum absolute atomic E-state index is 0.111. The zero-order valence-electron chi connectivity index (χ0n) is 7.18. The first-order valence-corrected chi connectivity index (χ1v) is 4.52. The number of carboxylic acid groups (broad SMARTS) is 1. The van der Waals surface area contributed by atoms with Gasteiger partial charge in [0, 0.05) is 0 Å². The summed E-state index contributed by atoms with van der Waals surface area (Å²) in [6.45, 7) is 0. The Morgan fingerprint density at radius 2 is 2.13 bits per heavy atom. The first kappa shape index (κ1) is 12.1. The van der Waals surface area contributed by atoms with Gasteiger partial charge in [0.1, 0.15) is 5.15 Å². The zero-order chi connectivity index (χ0) is 11.6. The average Bonchev–Trinajstić information content (AvgIpc) is 1.99. The van der Waals surface area contributed by atoms with Gasteiger partial charge in [0.05, 0.1) is 22.7 Å². The van der Waals surface area contributed by atoms with E-state index in [0.717, 1.165) is 6.07 Å². The molecule has 0 spiro atoms. The van der Waals surface area contributed by atoms with Crippen LogP contribution in [0.2, 0.25) is 10.2 Å². The van der Waals surface area contributed by atoms with Crippen molar-refractivity contribution >= 4 is 29.2 Å². The van der Waals surface area contributed by atoms with E-state index in [-0.39, 0.29) is 15.9 Å². The van der Waals surface area contributed by atoms with Crippen LogP contribution in [-0.2, 0) is 11.2 Å². The number of aromatic nitrogens is 1. The topological polar surface area (TPSA) is 50.2 Å². The van der Waals surface area contributed by atoms with Crippen LogP contribution < -0.4 is 0 Å². The van der Waals surface area contributed by atoms with Crippen molar-refractivity contribution in [2.45, 2.75) is 12.8 Å². The van der Waals surface area contributed by atoms with Crippen LogP contribution in [0, 0.1) is 0 Å². The first-order valence-electron chi connectivity index (χ1n) is 3.76. The van der Waals surface area contributed by atoms with Crippen LogP contribution in [-0.4, -0.2) is 16.1 Å². The third-order valence-corrected chi connectivity index (χ3v) is 2.10. The Balaban J connectivity index is 3.26. The lowest BCUT2D eigenvalue weighted by atomic mass is 10.1. The van der Waals surface area contributed by atoms with E-state index >= 15 is 0 Å². The highest BCUT2D eigenvalue weighted by atomic mass is 35.5. The molecule has 0 amide bonds. The van der Waals surface area contributed by atoms with Crippen molar-refractivity contribution in [3.05, 3.63) is 27.5 Å². The van der Waals surface area contributed by atoms with E-state index in [4.69, 9.17) is 28.3 Å². The number of nitrogens with zero attached hydrogens (tertiary/aromatic N) is 1. The largest absolute Gasteiger partial charge is 0.481 e. The highest BCUT2D eigenvalue weighted by molar-refractivity contribution is 6.34. The van der Waals surface area contributed by atoms with Crippen LogP contribution in [0.4, 0.5) is 8.78 Å². The summed E-state index contributed by atoms with van der Waals surface area (Å²) in [5, 5.41) is 8.10. The lowest BCUT2D eigenvalue weighted by Crippen LogP contribution is -2.07. The van der Waals surface area contributed by atoms with E-state index in [2.05, 4.69) is 4.98 Å². The van der Waals surface area contributed by atoms with E-state index in [1.54, 1.807) is 0 Å². The summed E-state index contributed by atoms with van der Waals surface area (Å²) in [5.74, 6) is -1.28. The molecule has 0 saturated carbocycles. The predicted molar refractivity (Wildman–Crippen MR) is 50.6 cm³/mol. The van der Waals surface area contributed by atoms with Gasteiger partial charge >= 0.3 is 5.97 Å². The van der Waals surface area contributed by atoms with Gasteiger partial charge in [-0.3, -0.25) is 4.79 Å². The van der Waals surface area contributed by atoms with Gasteiger partial charge in [-0.15, -0.1) is 0 Å². The molecule has 0 aliphatic rings. The van der Waals surface area contributed by atoms with Crippen LogP contribution in [0.15, 0.2) is 6.07 Å². The van der Waals surface area contributed by atoms with Gasteiger partial charge in [0.2, 0.25) is 0 Å². The molecule has 82 valence electrons. The standard InChI is InChI=1S/C8H5Cl2F2NO2/c9-3-1-5(10)13-4(2-6(14)15)7(3)8(11)12/h1,8H,2H2,(H,14,15). The second-order valence-electron chi connectivity index (χ2n) is 2.66. The summed E-state index contributed by atoms with van der Waals surface area (Å²) < 4.78 is 25.0. The second kappa shape index (κ2) is 4.72. The van der Waals surface area contributed by atoms with Crippen LogP contribution in [0.1, 0.15) is 17.7 Å². The second-order valence-corrected chi connectivity index (χ2v) is 3.45. The quantitative estimate of drug-likeness (QED) is 0.846. The maximum absolute atomic E-state index is 12.5. The smallest absolute Gasteiger partial charge is 0.309 e. The van der Waals surface area contributed by atoms with Gasteiger partial charge in [-0.1, -0.05) is 23.2 Å². The molecule has 1 aromatic heterocycles. The molecule has 0 aliphatic carbocycles. The van der Waals surface area contributed by atoms with Gasteiger partial charge in [-0.05, 0) is 6.07 Å². The van der Waals surface area contributed by atoms with Gasteiger partial charge in [-0.2, -0.15) is 0 Å². The highest BCUT2D eigenvalue weighted by Crippen LogP contribution is 2.31. The number of alkyl halides is 2. The summed E-state index contributed by atoms with van der Waals surface area (Å²) in [6, 6.07) is 1.05. The summed E-state index contributed by atoms with van der Waals surface area (Å²) in [5.41, 5.74) is -0.890. The molecule has 3 nitrogen and oxygen atoms in total. The Morgan fingerprint density at radius 1 is 1.53 bits per heavy atom. The van der Waals surface area contributed by atoms with E-state index in [1.807, 2.05) is 0 Å². The molecule has 15 heavy (non-hydrogen) atoms. The Hall–Kier alpha value is -0.940. The Labute approximate surface area is 93.6 Å². The number of pyridine rings is 1. The van der Waals surface area contributed by atoms with Crippen molar-refractivity contribution in [3.63, 3.8) is 0 Å². The molecule has 0 aromatic carbocycles. The molecule has 1 heterocycles. The zero-order valence-corrected chi connectivity index (χ0v) is 8.69. The lowest BCUT2D eigenvalue weighted by molar-refractivity contribution is -0.136. The fourth-order valence-corrected chi connectivity index (χ4v) is 1.61. The third kappa shape index (κ3) is 3.00. The first-order chi connectivity index (χ1) is 6.91. The summed E-state index contributed by atoms with van der Waals surface area (Å²) >= 11 is 11.0. The maximum atomic E-state index is 12.5. The summed E-state index contributed by atoms with van der Waals surface area (Å²) in [6.07, 6.45) is -3.52. The highest BCUT2D eigenvalue weighted by Gasteiger charge is 2.21. The van der Waals surface area contributed by atoms with E-state index < -0.39 is 24.4 Å². The molecule has 0 atom stereocenters. The van der Waals surface area contributed by atoms with E-state index in [0.29, 0.717) is 0 Å². The fourth-order valence-electron chi connectivity index (χ4n) is 1.05. The molecule has 0 bridgehead atoms. The molecule has 7 heteroatoms. The Bertz CT molecular complexity index is 398. The summed E-state index contributed by atoms with van der Waals surface area (Å²) in [7, 11) is 0. The predicted octanol–water partition coefficient (Wildman–Crippen LogP) is 2.95. The fraction of sp³-hybridized carbons (Fsp3) is 0.250. The minimum Gasteiger partial charge on any atom is -0.481 e. The Kier molecular flexibility index (Phi) is 3.82. The molecular weight excluding hydrogens is 251 g/mol. The van der Waals surface area contributed by atoms with Crippen molar-refractivity contribution < 1.29 is 18.7 Å². The molecule has 0 radical (unpaired) electrons. The normalized spacial score (nSPS) is 10.7.